The van der Waals surface area contributed by atoms with Gasteiger partial charge < -0.3 is 4.74 Å². The van der Waals surface area contributed by atoms with Crippen LogP contribution < -0.4 is 4.74 Å². The fourth-order valence-corrected chi connectivity index (χ4v) is 2.85. The van der Waals surface area contributed by atoms with Crippen LogP contribution >= 0.6 is 0 Å². The third-order valence-corrected chi connectivity index (χ3v) is 4.10. The largest absolute Gasteiger partial charge is 0.404 e. The second kappa shape index (κ2) is 7.52. The number of nitrogens with zero attached hydrogens (tertiary/aromatic N) is 2. The number of hydrogen-bond donors (Lipinski definition) is 0. The Hall–Kier alpha value is -2.95. The van der Waals surface area contributed by atoms with Crippen molar-refractivity contribution < 1.29 is 13.9 Å². The quantitative estimate of drug-likeness (QED) is 0.620. The highest BCUT2D eigenvalue weighted by Crippen LogP contribution is 2.24. The lowest BCUT2D eigenvalue weighted by atomic mass is 10.1. The molecule has 0 aliphatic heterocycles. The smallest absolute Gasteiger partial charge is 0.347 e. The first kappa shape index (κ1) is 17.9. The van der Waals surface area contributed by atoms with Crippen LogP contribution in [-0.2, 0) is 6.42 Å². The number of aromatic nitrogens is 2. The van der Waals surface area contributed by atoms with E-state index in [9.17, 15) is 9.18 Å². The van der Waals surface area contributed by atoms with Crippen molar-refractivity contribution in [3.8, 4) is 11.6 Å². The fraction of sp³-hybridized carbons (Fsp3) is 0.238. The molecule has 3 aromatic rings. The van der Waals surface area contributed by atoms with Crippen molar-refractivity contribution in [2.24, 2.45) is 0 Å². The van der Waals surface area contributed by atoms with Crippen LogP contribution in [0.25, 0.3) is 5.69 Å². The maximum Gasteiger partial charge on any atom is 0.347 e. The predicted octanol–water partition coefficient (Wildman–Crippen LogP) is 4.80. The summed E-state index contributed by atoms with van der Waals surface area (Å²) in [5, 5.41) is 4.58. The van der Waals surface area contributed by atoms with E-state index < -0.39 is 11.8 Å². The number of halogens is 1. The van der Waals surface area contributed by atoms with Crippen molar-refractivity contribution in [2.45, 2.75) is 33.6 Å². The number of rotatable bonds is 5. The molecule has 0 fully saturated rings. The van der Waals surface area contributed by atoms with Gasteiger partial charge in [0.15, 0.2) is 0 Å². The highest BCUT2D eigenvalue weighted by atomic mass is 19.1. The third-order valence-electron chi connectivity index (χ3n) is 4.10. The molecule has 0 radical (unpaired) electrons. The number of ether oxygens (including phenoxy) is 1. The molecule has 0 saturated heterocycles. The molecule has 134 valence electrons. The lowest BCUT2D eigenvalue weighted by Crippen LogP contribution is -2.13. The van der Waals surface area contributed by atoms with Crippen molar-refractivity contribution in [3.05, 3.63) is 76.7 Å². The van der Waals surface area contributed by atoms with Crippen molar-refractivity contribution >= 4 is 5.97 Å². The van der Waals surface area contributed by atoms with Gasteiger partial charge in [-0.05, 0) is 44.0 Å². The van der Waals surface area contributed by atoms with Crippen molar-refractivity contribution in [1.29, 1.82) is 0 Å². The molecule has 0 saturated carbocycles. The number of aryl methyl sites for hydroxylation is 3. The Morgan fingerprint density at radius 1 is 1.15 bits per heavy atom. The molecule has 1 aromatic heterocycles. The number of benzene rings is 2. The van der Waals surface area contributed by atoms with Crippen molar-refractivity contribution in [3.63, 3.8) is 0 Å². The molecule has 0 N–H and O–H groups in total. The SMILES string of the molecule is CCCc1cc(OC(=O)c2ccccc2F)n(-c2ccc(C)cc2C)n1. The molecule has 26 heavy (non-hydrogen) atoms. The number of hydrogen-bond acceptors (Lipinski definition) is 3. The topological polar surface area (TPSA) is 44.1 Å². The normalized spacial score (nSPS) is 10.8. The standard InChI is InChI=1S/C21H21FN2O2/c1-4-7-16-13-20(26-21(25)17-8-5-6-9-18(17)22)24(23-16)19-11-10-14(2)12-15(19)3/h5-6,8-13H,4,7H2,1-3H3. The van der Waals surface area contributed by atoms with Gasteiger partial charge >= 0.3 is 5.97 Å². The Morgan fingerprint density at radius 3 is 2.62 bits per heavy atom. The molecule has 0 aliphatic carbocycles. The number of carbonyl (C=O) groups excluding carboxylic acids is 1. The zero-order chi connectivity index (χ0) is 18.7. The van der Waals surface area contributed by atoms with Crippen LogP contribution in [0.5, 0.6) is 5.88 Å². The monoisotopic (exact) mass is 352 g/mol. The predicted molar refractivity (Wildman–Crippen MR) is 98.4 cm³/mol. The molecule has 3 rings (SSSR count). The van der Waals surface area contributed by atoms with Gasteiger partial charge in [0.25, 0.3) is 0 Å². The lowest BCUT2D eigenvalue weighted by Gasteiger charge is -2.11. The van der Waals surface area contributed by atoms with Crippen LogP contribution in [0, 0.1) is 19.7 Å². The molecule has 2 aromatic carbocycles. The molecule has 4 nitrogen and oxygen atoms in total. The van der Waals surface area contributed by atoms with Gasteiger partial charge in [-0.2, -0.15) is 5.10 Å². The van der Waals surface area contributed by atoms with Gasteiger partial charge in [-0.1, -0.05) is 43.2 Å². The van der Waals surface area contributed by atoms with E-state index in [4.69, 9.17) is 4.74 Å². The zero-order valence-corrected chi connectivity index (χ0v) is 15.1. The first-order chi connectivity index (χ1) is 12.5. The first-order valence-electron chi connectivity index (χ1n) is 8.63. The van der Waals surface area contributed by atoms with E-state index in [0.717, 1.165) is 35.3 Å². The summed E-state index contributed by atoms with van der Waals surface area (Å²) in [6, 6.07) is 13.5. The van der Waals surface area contributed by atoms with Gasteiger partial charge in [0.2, 0.25) is 5.88 Å². The average molecular weight is 352 g/mol. The van der Waals surface area contributed by atoms with Crippen molar-refractivity contribution in [1.82, 2.24) is 9.78 Å². The molecule has 5 heteroatoms. The van der Waals surface area contributed by atoms with Gasteiger partial charge in [-0.25, -0.2) is 13.9 Å². The molecule has 0 aliphatic rings. The third kappa shape index (κ3) is 3.67. The minimum atomic E-state index is -0.739. The van der Waals surface area contributed by atoms with Crippen LogP contribution in [0.1, 0.15) is 40.5 Å². The summed E-state index contributed by atoms with van der Waals surface area (Å²) in [5.74, 6) is -1.06. The molecule has 0 amide bonds. The second-order valence-corrected chi connectivity index (χ2v) is 6.30. The van der Waals surface area contributed by atoms with Crippen molar-refractivity contribution in [2.75, 3.05) is 0 Å². The number of carbonyl (C=O) groups is 1. The van der Waals surface area contributed by atoms with Gasteiger partial charge in [-0.3, -0.25) is 0 Å². The second-order valence-electron chi connectivity index (χ2n) is 6.30. The van der Waals surface area contributed by atoms with E-state index >= 15 is 0 Å². The van der Waals surface area contributed by atoms with E-state index in [1.165, 1.54) is 18.2 Å². The van der Waals surface area contributed by atoms with Gasteiger partial charge in [-0.15, -0.1) is 0 Å². The van der Waals surface area contributed by atoms with Crippen LogP contribution in [0.4, 0.5) is 4.39 Å². The first-order valence-corrected chi connectivity index (χ1v) is 8.63. The highest BCUT2D eigenvalue weighted by molar-refractivity contribution is 5.91. The molecule has 0 spiro atoms. The van der Waals surface area contributed by atoms with Crippen LogP contribution in [0.15, 0.2) is 48.5 Å². The Balaban J connectivity index is 2.00. The van der Waals surface area contributed by atoms with E-state index in [1.54, 1.807) is 16.8 Å². The summed E-state index contributed by atoms with van der Waals surface area (Å²) in [6.45, 7) is 6.05. The Kier molecular flexibility index (Phi) is 5.16. The molecular weight excluding hydrogens is 331 g/mol. The van der Waals surface area contributed by atoms with E-state index in [-0.39, 0.29) is 11.4 Å². The highest BCUT2D eigenvalue weighted by Gasteiger charge is 2.19. The summed E-state index contributed by atoms with van der Waals surface area (Å²) in [6.07, 6.45) is 1.69. The van der Waals surface area contributed by atoms with E-state index in [0.29, 0.717) is 0 Å². The summed E-state index contributed by atoms with van der Waals surface area (Å²) in [4.78, 5) is 12.4. The van der Waals surface area contributed by atoms with Crippen LogP contribution in [-0.4, -0.2) is 15.7 Å². The molecule has 1 heterocycles. The zero-order valence-electron chi connectivity index (χ0n) is 15.1. The van der Waals surface area contributed by atoms with Gasteiger partial charge in [0, 0.05) is 6.07 Å². The fourth-order valence-electron chi connectivity index (χ4n) is 2.85. The lowest BCUT2D eigenvalue weighted by molar-refractivity contribution is 0.0718. The summed E-state index contributed by atoms with van der Waals surface area (Å²) in [7, 11) is 0. The van der Waals surface area contributed by atoms with E-state index in [1.807, 2.05) is 32.0 Å². The van der Waals surface area contributed by atoms with Gasteiger partial charge in [0.05, 0.1) is 16.9 Å². The molecule has 0 atom stereocenters. The Morgan fingerprint density at radius 2 is 1.92 bits per heavy atom. The molecular formula is C21H21FN2O2. The average Bonchev–Trinajstić information content (AvgIpc) is 2.97. The maximum absolute atomic E-state index is 13.9. The van der Waals surface area contributed by atoms with Crippen LogP contribution in [0.3, 0.4) is 0 Å². The Labute approximate surface area is 152 Å². The maximum atomic E-state index is 13.9. The van der Waals surface area contributed by atoms with E-state index in [2.05, 4.69) is 12.0 Å². The van der Waals surface area contributed by atoms with Gasteiger partial charge in [0.1, 0.15) is 5.82 Å². The minimum Gasteiger partial charge on any atom is -0.404 e. The number of esters is 1. The minimum absolute atomic E-state index is 0.0991. The van der Waals surface area contributed by atoms with Crippen LogP contribution in [0.2, 0.25) is 0 Å². The summed E-state index contributed by atoms with van der Waals surface area (Å²) >= 11 is 0. The molecule has 0 unspecified atom stereocenters. The Bertz CT molecular complexity index is 947. The summed E-state index contributed by atoms with van der Waals surface area (Å²) in [5.41, 5.74) is 3.70. The summed E-state index contributed by atoms with van der Waals surface area (Å²) < 4.78 is 21.0. The molecule has 0 bridgehead atoms.